The van der Waals surface area contributed by atoms with Gasteiger partial charge in [-0.05, 0) is 42.3 Å². The number of rotatable bonds is 9. The van der Waals surface area contributed by atoms with E-state index in [1.807, 2.05) is 13.8 Å². The summed E-state index contributed by atoms with van der Waals surface area (Å²) in [6, 6.07) is 1.46. The Labute approximate surface area is 133 Å². The Balaban J connectivity index is 3.32. The summed E-state index contributed by atoms with van der Waals surface area (Å²) in [6.07, 6.45) is 1.90. The molecule has 118 valence electrons. The van der Waals surface area contributed by atoms with E-state index in [0.29, 0.717) is 41.5 Å². The summed E-state index contributed by atoms with van der Waals surface area (Å²) >= 11 is 3.29. The van der Waals surface area contributed by atoms with Crippen LogP contribution in [0, 0.1) is 0 Å². The zero-order valence-electron chi connectivity index (χ0n) is 12.6. The molecule has 0 amide bonds. The van der Waals surface area contributed by atoms with E-state index in [2.05, 4.69) is 22.9 Å². The first kappa shape index (κ1) is 17.6. The van der Waals surface area contributed by atoms with Crippen LogP contribution < -0.4 is 14.2 Å². The minimum atomic E-state index is -1.05. The molecule has 0 saturated heterocycles. The minimum Gasteiger partial charge on any atom is -0.490 e. The van der Waals surface area contributed by atoms with Crippen LogP contribution in [0.1, 0.15) is 44.0 Å². The third-order valence-corrected chi connectivity index (χ3v) is 3.49. The first-order valence-corrected chi connectivity index (χ1v) is 7.84. The van der Waals surface area contributed by atoms with Crippen LogP contribution in [0.2, 0.25) is 0 Å². The Bertz CT molecular complexity index is 487. The molecular weight excluding hydrogens is 340 g/mol. The van der Waals surface area contributed by atoms with Gasteiger partial charge in [0.1, 0.15) is 0 Å². The van der Waals surface area contributed by atoms with Gasteiger partial charge in [0.15, 0.2) is 11.5 Å². The lowest BCUT2D eigenvalue weighted by atomic mass is 10.2. The highest BCUT2D eigenvalue weighted by Crippen LogP contribution is 2.45. The highest BCUT2D eigenvalue weighted by molar-refractivity contribution is 9.10. The van der Waals surface area contributed by atoms with Crippen molar-refractivity contribution in [2.45, 2.75) is 33.6 Å². The highest BCUT2D eigenvalue weighted by atomic mass is 79.9. The van der Waals surface area contributed by atoms with Crippen molar-refractivity contribution >= 4 is 21.9 Å². The van der Waals surface area contributed by atoms with Crippen molar-refractivity contribution in [3.63, 3.8) is 0 Å². The molecule has 0 atom stereocenters. The average molecular weight is 361 g/mol. The number of halogens is 1. The average Bonchev–Trinajstić information content (AvgIpc) is 2.44. The predicted octanol–water partition coefficient (Wildman–Crippen LogP) is 4.12. The van der Waals surface area contributed by atoms with E-state index in [1.165, 1.54) is 6.07 Å². The first-order valence-electron chi connectivity index (χ1n) is 7.04. The number of unbranched alkanes of at least 4 members (excludes halogenated alkanes) is 1. The number of carbonyl (C=O) groups is 1. The van der Waals surface area contributed by atoms with E-state index in [9.17, 15) is 9.90 Å². The lowest BCUT2D eigenvalue weighted by molar-refractivity contribution is 0.0694. The van der Waals surface area contributed by atoms with Crippen molar-refractivity contribution < 1.29 is 24.1 Å². The zero-order valence-corrected chi connectivity index (χ0v) is 14.2. The molecule has 0 aliphatic rings. The summed E-state index contributed by atoms with van der Waals surface area (Å²) < 4.78 is 17.2. The number of ether oxygens (including phenoxy) is 3. The van der Waals surface area contributed by atoms with Gasteiger partial charge in [-0.1, -0.05) is 13.3 Å². The molecule has 0 aliphatic heterocycles. The second-order valence-corrected chi connectivity index (χ2v) is 5.06. The van der Waals surface area contributed by atoms with Crippen molar-refractivity contribution in [2.75, 3.05) is 19.8 Å². The molecule has 0 heterocycles. The molecule has 1 aromatic rings. The second kappa shape index (κ2) is 8.77. The lowest BCUT2D eigenvalue weighted by Crippen LogP contribution is -2.08. The number of carboxylic acid groups (broad SMARTS) is 1. The normalized spacial score (nSPS) is 10.3. The van der Waals surface area contributed by atoms with Crippen LogP contribution in [0.15, 0.2) is 10.5 Å². The second-order valence-electron chi connectivity index (χ2n) is 4.27. The largest absolute Gasteiger partial charge is 0.490 e. The van der Waals surface area contributed by atoms with Crippen molar-refractivity contribution in [1.82, 2.24) is 0 Å². The quantitative estimate of drug-likeness (QED) is 0.670. The van der Waals surface area contributed by atoms with Crippen LogP contribution in [0.25, 0.3) is 0 Å². The molecular formula is C15H21BrO5. The van der Waals surface area contributed by atoms with E-state index >= 15 is 0 Å². The maximum atomic E-state index is 11.3. The fraction of sp³-hybridized carbons (Fsp3) is 0.533. The summed E-state index contributed by atoms with van der Waals surface area (Å²) in [5.74, 6) is 0.155. The molecule has 21 heavy (non-hydrogen) atoms. The molecule has 0 radical (unpaired) electrons. The fourth-order valence-electron chi connectivity index (χ4n) is 1.74. The van der Waals surface area contributed by atoms with E-state index in [1.54, 1.807) is 0 Å². The number of aromatic carboxylic acids is 1. The van der Waals surface area contributed by atoms with Crippen LogP contribution in [0.4, 0.5) is 0 Å². The smallest absolute Gasteiger partial charge is 0.337 e. The van der Waals surface area contributed by atoms with Crippen LogP contribution >= 0.6 is 15.9 Å². The summed E-state index contributed by atoms with van der Waals surface area (Å²) in [4.78, 5) is 11.3. The number of hydrogen-bond acceptors (Lipinski definition) is 4. The van der Waals surface area contributed by atoms with E-state index < -0.39 is 5.97 Å². The molecule has 0 unspecified atom stereocenters. The molecule has 1 N–H and O–H groups in total. The van der Waals surface area contributed by atoms with Crippen LogP contribution in [0.3, 0.4) is 0 Å². The zero-order chi connectivity index (χ0) is 15.8. The number of benzene rings is 1. The minimum absolute atomic E-state index is 0.0877. The summed E-state index contributed by atoms with van der Waals surface area (Å²) in [7, 11) is 0. The lowest BCUT2D eigenvalue weighted by Gasteiger charge is -2.18. The maximum Gasteiger partial charge on any atom is 0.337 e. The van der Waals surface area contributed by atoms with Gasteiger partial charge in [-0.2, -0.15) is 0 Å². The Morgan fingerprint density at radius 2 is 1.81 bits per heavy atom. The van der Waals surface area contributed by atoms with Gasteiger partial charge in [0.2, 0.25) is 5.75 Å². The summed E-state index contributed by atoms with van der Waals surface area (Å²) in [6.45, 7) is 7.07. The molecule has 0 saturated carbocycles. The fourth-order valence-corrected chi connectivity index (χ4v) is 2.32. The van der Waals surface area contributed by atoms with E-state index in [0.717, 1.165) is 12.8 Å². The third-order valence-electron chi connectivity index (χ3n) is 2.70. The molecule has 0 spiro atoms. The Morgan fingerprint density at radius 3 is 2.33 bits per heavy atom. The molecule has 0 aliphatic carbocycles. The SMILES string of the molecule is CCCCOc1c(OCC)cc(C(=O)O)c(Br)c1OCC. The highest BCUT2D eigenvalue weighted by Gasteiger charge is 2.23. The Morgan fingerprint density at radius 1 is 1.14 bits per heavy atom. The molecule has 0 fully saturated rings. The van der Waals surface area contributed by atoms with Gasteiger partial charge < -0.3 is 19.3 Å². The Hall–Kier alpha value is -1.43. The topological polar surface area (TPSA) is 65.0 Å². The van der Waals surface area contributed by atoms with Gasteiger partial charge in [-0.15, -0.1) is 0 Å². The van der Waals surface area contributed by atoms with Gasteiger partial charge in [0.05, 0.1) is 29.9 Å². The van der Waals surface area contributed by atoms with Crippen molar-refractivity contribution in [1.29, 1.82) is 0 Å². The molecule has 0 aromatic heterocycles. The van der Waals surface area contributed by atoms with Crippen molar-refractivity contribution in [2.24, 2.45) is 0 Å². The van der Waals surface area contributed by atoms with Crippen LogP contribution in [-0.4, -0.2) is 30.9 Å². The van der Waals surface area contributed by atoms with Crippen LogP contribution in [0.5, 0.6) is 17.2 Å². The monoisotopic (exact) mass is 360 g/mol. The molecule has 5 nitrogen and oxygen atoms in total. The predicted molar refractivity (Wildman–Crippen MR) is 83.8 cm³/mol. The molecule has 6 heteroatoms. The van der Waals surface area contributed by atoms with Gasteiger partial charge in [0.25, 0.3) is 0 Å². The summed E-state index contributed by atoms with van der Waals surface area (Å²) in [5.41, 5.74) is 0.0877. The van der Waals surface area contributed by atoms with Gasteiger partial charge in [-0.25, -0.2) is 4.79 Å². The first-order chi connectivity index (χ1) is 10.1. The van der Waals surface area contributed by atoms with Gasteiger partial charge in [0, 0.05) is 0 Å². The van der Waals surface area contributed by atoms with Crippen molar-refractivity contribution in [3.8, 4) is 17.2 Å². The standard InChI is InChI=1S/C15H21BrO5/c1-4-7-8-21-13-11(19-5-2)9-10(15(17)18)12(16)14(13)20-6-3/h9H,4-8H2,1-3H3,(H,17,18). The van der Waals surface area contributed by atoms with Crippen molar-refractivity contribution in [3.05, 3.63) is 16.1 Å². The third kappa shape index (κ3) is 4.52. The van der Waals surface area contributed by atoms with Gasteiger partial charge in [-0.3, -0.25) is 0 Å². The van der Waals surface area contributed by atoms with Gasteiger partial charge >= 0.3 is 5.97 Å². The summed E-state index contributed by atoms with van der Waals surface area (Å²) in [5, 5.41) is 9.27. The molecule has 1 aromatic carbocycles. The van der Waals surface area contributed by atoms with Crippen LogP contribution in [-0.2, 0) is 0 Å². The van der Waals surface area contributed by atoms with E-state index in [-0.39, 0.29) is 5.56 Å². The van der Waals surface area contributed by atoms with E-state index in [4.69, 9.17) is 14.2 Å². The number of hydrogen-bond donors (Lipinski definition) is 1. The molecule has 1 rings (SSSR count). The molecule has 0 bridgehead atoms. The Kier molecular flexibility index (Phi) is 7.36. The number of carboxylic acids is 1. The maximum absolute atomic E-state index is 11.3.